The van der Waals surface area contributed by atoms with E-state index in [4.69, 9.17) is 5.73 Å². The van der Waals surface area contributed by atoms with Crippen molar-refractivity contribution >= 4 is 11.8 Å². The average molecular weight is 247 g/mol. The summed E-state index contributed by atoms with van der Waals surface area (Å²) in [4.78, 5) is 26.9. The monoisotopic (exact) mass is 247 g/mol. The van der Waals surface area contributed by atoms with Gasteiger partial charge in [0.15, 0.2) is 0 Å². The van der Waals surface area contributed by atoms with E-state index in [1.807, 2.05) is 0 Å². The van der Waals surface area contributed by atoms with Gasteiger partial charge < -0.3 is 11.1 Å². The first kappa shape index (κ1) is 12.5. The minimum Gasteiger partial charge on any atom is -0.364 e. The highest BCUT2D eigenvalue weighted by Gasteiger charge is 2.17. The molecule has 1 aromatic heterocycles. The number of nitrogens with zero attached hydrogens (tertiary/aromatic N) is 1. The van der Waals surface area contributed by atoms with Gasteiger partial charge in [0.25, 0.3) is 11.8 Å². The van der Waals surface area contributed by atoms with Crippen LogP contribution in [0.5, 0.6) is 0 Å². The smallest absolute Gasteiger partial charge is 0.270 e. The molecule has 0 aromatic carbocycles. The van der Waals surface area contributed by atoms with Gasteiger partial charge in [-0.25, -0.2) is 4.98 Å². The number of amides is 2. The average Bonchev–Trinajstić information content (AvgIpc) is 2.40. The second-order valence-corrected chi connectivity index (χ2v) is 4.58. The molecule has 1 aromatic rings. The van der Waals surface area contributed by atoms with Crippen molar-refractivity contribution in [3.05, 3.63) is 29.6 Å². The number of carbonyl (C=O) groups excluding carboxylic acids is 2. The number of nitrogens with one attached hydrogen (secondary N) is 1. The highest BCUT2D eigenvalue weighted by molar-refractivity contribution is 5.95. The van der Waals surface area contributed by atoms with E-state index >= 15 is 0 Å². The molecule has 18 heavy (non-hydrogen) atoms. The molecule has 0 saturated heterocycles. The van der Waals surface area contributed by atoms with E-state index in [2.05, 4.69) is 10.3 Å². The van der Waals surface area contributed by atoms with Gasteiger partial charge in [0.1, 0.15) is 11.4 Å². The molecule has 3 N–H and O–H groups in total. The van der Waals surface area contributed by atoms with Crippen molar-refractivity contribution in [1.82, 2.24) is 10.3 Å². The van der Waals surface area contributed by atoms with Crippen LogP contribution in [0.3, 0.4) is 0 Å². The number of carbonyl (C=O) groups is 2. The van der Waals surface area contributed by atoms with Crippen LogP contribution in [0.2, 0.25) is 0 Å². The number of hydrogen-bond acceptors (Lipinski definition) is 3. The molecule has 2 rings (SSSR count). The van der Waals surface area contributed by atoms with Crippen LogP contribution >= 0.6 is 0 Å². The third-order valence-electron chi connectivity index (χ3n) is 3.17. The molecule has 0 spiro atoms. The molecule has 0 unspecified atom stereocenters. The SMILES string of the molecule is NC(=O)c1cccc(C(=O)NC2CCCCC2)n1. The van der Waals surface area contributed by atoms with Gasteiger partial charge in [0.05, 0.1) is 0 Å². The van der Waals surface area contributed by atoms with Crippen LogP contribution in [0.15, 0.2) is 18.2 Å². The van der Waals surface area contributed by atoms with Gasteiger partial charge in [-0.05, 0) is 25.0 Å². The first-order valence-corrected chi connectivity index (χ1v) is 6.24. The maximum atomic E-state index is 12.0. The molecule has 0 atom stereocenters. The van der Waals surface area contributed by atoms with Crippen molar-refractivity contribution in [1.29, 1.82) is 0 Å². The van der Waals surface area contributed by atoms with E-state index in [9.17, 15) is 9.59 Å². The molecule has 0 bridgehead atoms. The van der Waals surface area contributed by atoms with E-state index in [1.165, 1.54) is 12.5 Å². The van der Waals surface area contributed by atoms with Crippen LogP contribution in [0.1, 0.15) is 53.1 Å². The molecule has 2 amide bonds. The van der Waals surface area contributed by atoms with Crippen LogP contribution in [0.4, 0.5) is 0 Å². The van der Waals surface area contributed by atoms with Crippen molar-refractivity contribution in [2.75, 3.05) is 0 Å². The summed E-state index contributed by atoms with van der Waals surface area (Å²) in [6.45, 7) is 0. The van der Waals surface area contributed by atoms with Gasteiger partial charge in [-0.3, -0.25) is 9.59 Å². The molecule has 1 heterocycles. The zero-order valence-corrected chi connectivity index (χ0v) is 10.2. The van der Waals surface area contributed by atoms with Crippen molar-refractivity contribution < 1.29 is 9.59 Å². The fourth-order valence-electron chi connectivity index (χ4n) is 2.20. The van der Waals surface area contributed by atoms with E-state index in [0.29, 0.717) is 0 Å². The van der Waals surface area contributed by atoms with Crippen LogP contribution in [-0.2, 0) is 0 Å². The number of pyridine rings is 1. The number of hydrogen-bond donors (Lipinski definition) is 2. The second kappa shape index (κ2) is 5.62. The van der Waals surface area contributed by atoms with E-state index in [1.54, 1.807) is 12.1 Å². The Kier molecular flexibility index (Phi) is 3.92. The number of nitrogens with two attached hydrogens (primary N) is 1. The zero-order chi connectivity index (χ0) is 13.0. The summed E-state index contributed by atoms with van der Waals surface area (Å²) in [7, 11) is 0. The van der Waals surface area contributed by atoms with Crippen LogP contribution in [0.25, 0.3) is 0 Å². The van der Waals surface area contributed by atoms with Crippen LogP contribution in [0, 0.1) is 0 Å². The Morgan fingerprint density at radius 1 is 1.17 bits per heavy atom. The first-order chi connectivity index (χ1) is 8.66. The molecule has 0 radical (unpaired) electrons. The normalized spacial score (nSPS) is 16.2. The topological polar surface area (TPSA) is 85.1 Å². The maximum Gasteiger partial charge on any atom is 0.270 e. The minimum absolute atomic E-state index is 0.117. The number of rotatable bonds is 3. The molecule has 1 aliphatic rings. The predicted octanol–water partition coefficient (Wildman–Crippen LogP) is 1.24. The summed E-state index contributed by atoms with van der Waals surface area (Å²) >= 11 is 0. The van der Waals surface area contributed by atoms with Crippen molar-refractivity contribution in [3.63, 3.8) is 0 Å². The lowest BCUT2D eigenvalue weighted by molar-refractivity contribution is 0.0922. The summed E-state index contributed by atoms with van der Waals surface area (Å²) in [6, 6.07) is 4.93. The van der Waals surface area contributed by atoms with Gasteiger partial charge >= 0.3 is 0 Å². The van der Waals surface area contributed by atoms with Gasteiger partial charge in [-0.15, -0.1) is 0 Å². The molecule has 0 aliphatic heterocycles. The molecule has 5 heteroatoms. The fourth-order valence-corrected chi connectivity index (χ4v) is 2.20. The Bertz CT molecular complexity index is 453. The summed E-state index contributed by atoms with van der Waals surface area (Å²) in [6.07, 6.45) is 5.57. The molecule has 1 saturated carbocycles. The fraction of sp³-hybridized carbons (Fsp3) is 0.462. The van der Waals surface area contributed by atoms with Crippen molar-refractivity contribution in [3.8, 4) is 0 Å². The van der Waals surface area contributed by atoms with Gasteiger partial charge in [0.2, 0.25) is 0 Å². The molecular formula is C13H17N3O2. The van der Waals surface area contributed by atoms with Gasteiger partial charge in [-0.2, -0.15) is 0 Å². The van der Waals surface area contributed by atoms with Crippen LogP contribution < -0.4 is 11.1 Å². The van der Waals surface area contributed by atoms with Crippen molar-refractivity contribution in [2.24, 2.45) is 5.73 Å². The molecule has 5 nitrogen and oxygen atoms in total. The first-order valence-electron chi connectivity index (χ1n) is 6.24. The largest absolute Gasteiger partial charge is 0.364 e. The Hall–Kier alpha value is -1.91. The summed E-state index contributed by atoms with van der Waals surface area (Å²) in [5, 5.41) is 2.95. The predicted molar refractivity (Wildman–Crippen MR) is 67.1 cm³/mol. The Morgan fingerprint density at radius 3 is 2.50 bits per heavy atom. The molecule has 1 aliphatic carbocycles. The van der Waals surface area contributed by atoms with E-state index < -0.39 is 5.91 Å². The summed E-state index contributed by atoms with van der Waals surface area (Å²) in [5.41, 5.74) is 5.50. The Labute approximate surface area is 106 Å². The van der Waals surface area contributed by atoms with Gasteiger partial charge in [-0.1, -0.05) is 25.3 Å². The zero-order valence-electron chi connectivity index (χ0n) is 10.2. The highest BCUT2D eigenvalue weighted by atomic mass is 16.2. The highest BCUT2D eigenvalue weighted by Crippen LogP contribution is 2.17. The standard InChI is InChI=1S/C13H17N3O2/c14-12(17)10-7-4-8-11(16-10)13(18)15-9-5-2-1-3-6-9/h4,7-9H,1-3,5-6H2,(H2,14,17)(H,15,18). The maximum absolute atomic E-state index is 12.0. The molecule has 1 fully saturated rings. The van der Waals surface area contributed by atoms with E-state index in [0.717, 1.165) is 25.7 Å². The number of aromatic nitrogens is 1. The Balaban J connectivity index is 2.03. The second-order valence-electron chi connectivity index (χ2n) is 4.58. The van der Waals surface area contributed by atoms with Crippen LogP contribution in [-0.4, -0.2) is 22.8 Å². The molecule has 96 valence electrons. The summed E-state index contributed by atoms with van der Waals surface area (Å²) < 4.78 is 0. The number of primary amides is 1. The molecular weight excluding hydrogens is 230 g/mol. The quantitative estimate of drug-likeness (QED) is 0.842. The lowest BCUT2D eigenvalue weighted by Gasteiger charge is -2.22. The lowest BCUT2D eigenvalue weighted by Crippen LogP contribution is -2.36. The minimum atomic E-state index is -0.623. The summed E-state index contributed by atoms with van der Waals surface area (Å²) in [5.74, 6) is -0.854. The third-order valence-corrected chi connectivity index (χ3v) is 3.17. The Morgan fingerprint density at radius 2 is 1.83 bits per heavy atom. The van der Waals surface area contributed by atoms with E-state index in [-0.39, 0.29) is 23.3 Å². The lowest BCUT2D eigenvalue weighted by atomic mass is 9.95. The van der Waals surface area contributed by atoms with Gasteiger partial charge in [0, 0.05) is 6.04 Å². The van der Waals surface area contributed by atoms with Crippen molar-refractivity contribution in [2.45, 2.75) is 38.1 Å². The third kappa shape index (κ3) is 3.06.